The van der Waals surface area contributed by atoms with Crippen LogP contribution < -0.4 is 0 Å². The molecule has 0 bridgehead atoms. The first-order chi connectivity index (χ1) is 6.36. The zero-order chi connectivity index (χ0) is 8.84. The Morgan fingerprint density at radius 2 is 2.08 bits per heavy atom. The number of hydrogen-bond acceptors (Lipinski definition) is 2. The van der Waals surface area contributed by atoms with Crippen LogP contribution in [0.25, 0.3) is 11.0 Å². The van der Waals surface area contributed by atoms with Crippen LogP contribution in [0.5, 0.6) is 0 Å². The van der Waals surface area contributed by atoms with Crippen LogP contribution >= 0.6 is 0 Å². The second-order valence-corrected chi connectivity index (χ2v) is 3.36. The maximum absolute atomic E-state index is 11.5. The highest BCUT2D eigenvalue weighted by atomic mass is 16.3. The van der Waals surface area contributed by atoms with Crippen LogP contribution in [0.15, 0.2) is 28.9 Å². The first-order valence-electron chi connectivity index (χ1n) is 4.38. The molecule has 0 saturated carbocycles. The van der Waals surface area contributed by atoms with Gasteiger partial charge in [-0.25, -0.2) is 0 Å². The normalized spacial score (nSPS) is 15.2. The van der Waals surface area contributed by atoms with E-state index in [9.17, 15) is 4.79 Å². The van der Waals surface area contributed by atoms with Gasteiger partial charge in [0.15, 0.2) is 5.78 Å². The molecule has 0 fully saturated rings. The Labute approximate surface area is 75.2 Å². The lowest BCUT2D eigenvalue weighted by Crippen LogP contribution is -1.91. The van der Waals surface area contributed by atoms with Crippen molar-refractivity contribution in [3.63, 3.8) is 0 Å². The number of hydrogen-bond donors (Lipinski definition) is 0. The summed E-state index contributed by atoms with van der Waals surface area (Å²) < 4.78 is 5.24. The fourth-order valence-corrected chi connectivity index (χ4v) is 2.00. The average molecular weight is 172 g/mol. The van der Waals surface area contributed by atoms with Gasteiger partial charge >= 0.3 is 0 Å². The molecule has 0 radical (unpaired) electrons. The fourth-order valence-electron chi connectivity index (χ4n) is 2.00. The highest BCUT2D eigenvalue weighted by molar-refractivity contribution is 6.10. The third kappa shape index (κ3) is 0.800. The molecule has 1 aliphatic rings. The highest BCUT2D eigenvalue weighted by Gasteiger charge is 2.22. The number of carbonyl (C=O) groups is 1. The SMILES string of the molecule is O=C1CCc2ccc3occc3c21. The van der Waals surface area contributed by atoms with Crippen molar-refractivity contribution < 1.29 is 9.21 Å². The Kier molecular flexibility index (Phi) is 1.18. The van der Waals surface area contributed by atoms with Crippen molar-refractivity contribution in [1.29, 1.82) is 0 Å². The Balaban J connectivity index is 2.49. The highest BCUT2D eigenvalue weighted by Crippen LogP contribution is 2.30. The Hall–Kier alpha value is -1.57. The fraction of sp³-hybridized carbons (Fsp3) is 0.182. The zero-order valence-corrected chi connectivity index (χ0v) is 7.04. The molecule has 0 atom stereocenters. The third-order valence-corrected chi connectivity index (χ3v) is 2.62. The van der Waals surface area contributed by atoms with E-state index in [2.05, 4.69) is 0 Å². The largest absolute Gasteiger partial charge is 0.464 e. The quantitative estimate of drug-likeness (QED) is 0.611. The van der Waals surface area contributed by atoms with E-state index < -0.39 is 0 Å². The summed E-state index contributed by atoms with van der Waals surface area (Å²) in [7, 11) is 0. The van der Waals surface area contributed by atoms with Gasteiger partial charge in [-0.2, -0.15) is 0 Å². The summed E-state index contributed by atoms with van der Waals surface area (Å²) in [6.45, 7) is 0. The lowest BCUT2D eigenvalue weighted by atomic mass is 10.1. The van der Waals surface area contributed by atoms with Crippen molar-refractivity contribution in [2.45, 2.75) is 12.8 Å². The van der Waals surface area contributed by atoms with Crippen molar-refractivity contribution in [1.82, 2.24) is 0 Å². The molecule has 2 heteroatoms. The molecule has 0 unspecified atom stereocenters. The van der Waals surface area contributed by atoms with Gasteiger partial charge in [-0.3, -0.25) is 4.79 Å². The van der Waals surface area contributed by atoms with Crippen molar-refractivity contribution in [3.05, 3.63) is 35.6 Å². The summed E-state index contributed by atoms with van der Waals surface area (Å²) in [6.07, 6.45) is 3.17. The lowest BCUT2D eigenvalue weighted by molar-refractivity contribution is 0.0996. The van der Waals surface area contributed by atoms with Crippen molar-refractivity contribution in [3.8, 4) is 0 Å². The van der Waals surface area contributed by atoms with Gasteiger partial charge < -0.3 is 4.42 Å². The molecule has 1 aliphatic carbocycles. The summed E-state index contributed by atoms with van der Waals surface area (Å²) in [6, 6.07) is 5.80. The molecule has 1 heterocycles. The third-order valence-electron chi connectivity index (χ3n) is 2.62. The summed E-state index contributed by atoms with van der Waals surface area (Å²) >= 11 is 0. The van der Waals surface area contributed by atoms with Crippen LogP contribution in [0, 0.1) is 0 Å². The molecule has 1 aromatic carbocycles. The van der Waals surface area contributed by atoms with Crippen LogP contribution in [-0.2, 0) is 6.42 Å². The molecule has 3 rings (SSSR count). The van der Waals surface area contributed by atoms with E-state index in [-0.39, 0.29) is 5.78 Å². The molecule has 1 aromatic heterocycles. The van der Waals surface area contributed by atoms with E-state index in [0.29, 0.717) is 6.42 Å². The molecule has 64 valence electrons. The van der Waals surface area contributed by atoms with Crippen LogP contribution in [0.4, 0.5) is 0 Å². The van der Waals surface area contributed by atoms with Gasteiger partial charge in [-0.1, -0.05) is 6.07 Å². The van der Waals surface area contributed by atoms with Gasteiger partial charge in [0.2, 0.25) is 0 Å². The summed E-state index contributed by atoms with van der Waals surface area (Å²) in [5.41, 5.74) is 2.86. The molecule has 0 N–H and O–H groups in total. The standard InChI is InChI=1S/C11H8O2/c12-9-3-1-7-2-4-10-8(11(7)9)5-6-13-10/h2,4-6H,1,3H2. The average Bonchev–Trinajstić information content (AvgIpc) is 2.70. The maximum atomic E-state index is 11.5. The minimum absolute atomic E-state index is 0.252. The predicted octanol–water partition coefficient (Wildman–Crippen LogP) is 2.56. The van der Waals surface area contributed by atoms with Gasteiger partial charge in [0.25, 0.3) is 0 Å². The number of rotatable bonds is 0. The van der Waals surface area contributed by atoms with E-state index in [0.717, 1.165) is 23.0 Å². The van der Waals surface area contributed by atoms with Gasteiger partial charge in [-0.05, 0) is 24.1 Å². The smallest absolute Gasteiger partial charge is 0.164 e. The number of Topliss-reactive ketones (excluding diaryl/α,β-unsaturated/α-hetero) is 1. The molecule has 0 saturated heterocycles. The van der Waals surface area contributed by atoms with E-state index >= 15 is 0 Å². The number of aryl methyl sites for hydroxylation is 1. The molecular weight excluding hydrogens is 164 g/mol. The molecule has 0 amide bonds. The van der Waals surface area contributed by atoms with E-state index in [4.69, 9.17) is 4.42 Å². The predicted molar refractivity (Wildman–Crippen MR) is 48.9 cm³/mol. The van der Waals surface area contributed by atoms with E-state index in [1.807, 2.05) is 18.2 Å². The molecule has 0 aliphatic heterocycles. The van der Waals surface area contributed by atoms with Gasteiger partial charge in [0, 0.05) is 17.4 Å². The van der Waals surface area contributed by atoms with Gasteiger partial charge in [0.05, 0.1) is 6.26 Å². The minimum Gasteiger partial charge on any atom is -0.464 e. The Morgan fingerprint density at radius 1 is 1.15 bits per heavy atom. The zero-order valence-electron chi connectivity index (χ0n) is 7.04. The summed E-state index contributed by atoms with van der Waals surface area (Å²) in [5, 5.41) is 0.972. The van der Waals surface area contributed by atoms with Crippen molar-refractivity contribution >= 4 is 16.8 Å². The van der Waals surface area contributed by atoms with Crippen LogP contribution in [0.1, 0.15) is 22.3 Å². The van der Waals surface area contributed by atoms with Gasteiger partial charge in [0.1, 0.15) is 5.58 Å². The summed E-state index contributed by atoms with van der Waals surface area (Å²) in [5.74, 6) is 0.252. The van der Waals surface area contributed by atoms with Crippen molar-refractivity contribution in [2.75, 3.05) is 0 Å². The van der Waals surface area contributed by atoms with Gasteiger partial charge in [-0.15, -0.1) is 0 Å². The van der Waals surface area contributed by atoms with Crippen molar-refractivity contribution in [2.24, 2.45) is 0 Å². The number of benzene rings is 1. The van der Waals surface area contributed by atoms with Crippen LogP contribution in [0.3, 0.4) is 0 Å². The molecule has 13 heavy (non-hydrogen) atoms. The summed E-state index contributed by atoms with van der Waals surface area (Å²) in [4.78, 5) is 11.5. The van der Waals surface area contributed by atoms with E-state index in [1.54, 1.807) is 6.26 Å². The molecular formula is C11H8O2. The first-order valence-corrected chi connectivity index (χ1v) is 4.38. The Bertz CT molecular complexity index is 494. The Morgan fingerprint density at radius 3 is 3.00 bits per heavy atom. The maximum Gasteiger partial charge on any atom is 0.164 e. The number of furan rings is 1. The van der Waals surface area contributed by atoms with Crippen LogP contribution in [-0.4, -0.2) is 5.78 Å². The lowest BCUT2D eigenvalue weighted by Gasteiger charge is -1.97. The van der Waals surface area contributed by atoms with Crippen LogP contribution in [0.2, 0.25) is 0 Å². The molecule has 0 spiro atoms. The number of ketones is 1. The van der Waals surface area contributed by atoms with E-state index in [1.165, 1.54) is 5.56 Å². The first kappa shape index (κ1) is 6.89. The second kappa shape index (κ2) is 2.22. The minimum atomic E-state index is 0.252. The topological polar surface area (TPSA) is 30.2 Å². The number of fused-ring (bicyclic) bond motifs is 3. The number of carbonyl (C=O) groups excluding carboxylic acids is 1. The molecule has 2 nitrogen and oxygen atoms in total. The monoisotopic (exact) mass is 172 g/mol. The second-order valence-electron chi connectivity index (χ2n) is 3.36. The molecule has 2 aromatic rings.